The molecule has 0 bridgehead atoms. The third-order valence-corrected chi connectivity index (χ3v) is 8.24. The van der Waals surface area contributed by atoms with Crippen LogP contribution in [0, 0.1) is 11.8 Å². The zero-order valence-corrected chi connectivity index (χ0v) is 32.5. The van der Waals surface area contributed by atoms with E-state index in [4.69, 9.17) is 19.3 Å². The van der Waals surface area contributed by atoms with Gasteiger partial charge in [0.2, 0.25) is 0 Å². The molecule has 2 atom stereocenters. The number of hydrogen-bond donors (Lipinski definition) is 1. The van der Waals surface area contributed by atoms with E-state index < -0.39 is 5.97 Å². The second kappa shape index (κ2) is 32.1. The Morgan fingerprint density at radius 3 is 1.23 bits per heavy atom. The molecular weight excluding hydrogens is 672 g/mol. The zero-order valence-electron chi connectivity index (χ0n) is 32.5. The van der Waals surface area contributed by atoms with E-state index in [1.165, 1.54) is 14.2 Å². The van der Waals surface area contributed by atoms with Gasteiger partial charge in [-0.2, -0.15) is 0 Å². The lowest BCUT2D eigenvalue weighted by atomic mass is 10.00. The summed E-state index contributed by atoms with van der Waals surface area (Å²) in [6, 6.07) is 29.4. The first-order chi connectivity index (χ1) is 25.7. The Kier molecular flexibility index (Phi) is 28.2. The highest BCUT2D eigenvalue weighted by Crippen LogP contribution is 2.16. The average Bonchev–Trinajstić information content (AvgIpc) is 3.17. The van der Waals surface area contributed by atoms with Crippen LogP contribution in [0.4, 0.5) is 0 Å². The first kappa shape index (κ1) is 46.5. The van der Waals surface area contributed by atoms with E-state index in [9.17, 15) is 14.4 Å². The number of ether oxygens (including phenoxy) is 5. The molecule has 0 saturated heterocycles. The number of benzene rings is 3. The standard InChI is InChI=1S/C16H24O3.2C14H20O3/c1-14(13-16(17)18-2)9-5-4-8-12-19-15-10-6-3-7-11-15;1-12(11-14(15)16-2)7-6-10-17-13-8-4-3-5-9-13;15-14(16)11-7-2-1-3-8-12-17-13-9-5-4-6-10-13/h3,6-7,10-11,14H,4-5,8-9,12-13H2,1-2H3;3-5,8-9,12H,6-7,10-11H2,1-2H3;4-6,9-10H,1-3,7-8,11-12H2,(H,15,16). The maximum absolute atomic E-state index is 11.1. The lowest BCUT2D eigenvalue weighted by molar-refractivity contribution is -0.142. The van der Waals surface area contributed by atoms with Crippen molar-refractivity contribution in [3.8, 4) is 17.2 Å². The minimum Gasteiger partial charge on any atom is -0.494 e. The van der Waals surface area contributed by atoms with Crippen LogP contribution in [0.15, 0.2) is 91.0 Å². The van der Waals surface area contributed by atoms with Gasteiger partial charge in [0.05, 0.1) is 34.0 Å². The van der Waals surface area contributed by atoms with Gasteiger partial charge in [-0.3, -0.25) is 14.4 Å². The number of carbonyl (C=O) groups is 3. The fourth-order valence-electron chi connectivity index (χ4n) is 5.17. The maximum atomic E-state index is 11.1. The molecule has 0 fully saturated rings. The molecule has 0 amide bonds. The van der Waals surface area contributed by atoms with E-state index in [0.717, 1.165) is 101 Å². The summed E-state index contributed by atoms with van der Waals surface area (Å²) in [5.41, 5.74) is 0. The van der Waals surface area contributed by atoms with Gasteiger partial charge in [0.1, 0.15) is 17.2 Å². The molecule has 0 heterocycles. The number of para-hydroxylation sites is 3. The quantitative estimate of drug-likeness (QED) is 0.0670. The largest absolute Gasteiger partial charge is 0.494 e. The van der Waals surface area contributed by atoms with Crippen LogP contribution in [0.2, 0.25) is 0 Å². The van der Waals surface area contributed by atoms with Crippen LogP contribution < -0.4 is 14.2 Å². The van der Waals surface area contributed by atoms with Gasteiger partial charge in [0.15, 0.2) is 0 Å². The van der Waals surface area contributed by atoms with Crippen molar-refractivity contribution in [1.29, 1.82) is 0 Å². The van der Waals surface area contributed by atoms with Gasteiger partial charge in [0.25, 0.3) is 0 Å². The van der Waals surface area contributed by atoms with Gasteiger partial charge in [-0.1, -0.05) is 107 Å². The van der Waals surface area contributed by atoms with Crippen LogP contribution in [0.3, 0.4) is 0 Å². The van der Waals surface area contributed by atoms with Crippen LogP contribution in [0.5, 0.6) is 17.2 Å². The normalized spacial score (nSPS) is 11.3. The van der Waals surface area contributed by atoms with E-state index >= 15 is 0 Å². The molecule has 0 aliphatic heterocycles. The Labute approximate surface area is 318 Å². The second-order valence-corrected chi connectivity index (χ2v) is 13.2. The van der Waals surface area contributed by atoms with E-state index in [1.54, 1.807) is 0 Å². The number of carbonyl (C=O) groups excluding carboxylic acids is 2. The zero-order chi connectivity index (χ0) is 38.8. The first-order valence-electron chi connectivity index (χ1n) is 19.1. The fourth-order valence-corrected chi connectivity index (χ4v) is 5.17. The lowest BCUT2D eigenvalue weighted by Gasteiger charge is -2.10. The maximum Gasteiger partial charge on any atom is 0.305 e. The Balaban J connectivity index is 0.000000398. The molecule has 9 heteroatoms. The van der Waals surface area contributed by atoms with E-state index in [-0.39, 0.29) is 11.9 Å². The monoisotopic (exact) mass is 736 g/mol. The fraction of sp³-hybridized carbons (Fsp3) is 0.523. The van der Waals surface area contributed by atoms with Crippen LogP contribution in [-0.2, 0) is 23.9 Å². The minimum atomic E-state index is -0.697. The van der Waals surface area contributed by atoms with Crippen LogP contribution >= 0.6 is 0 Å². The molecule has 3 rings (SSSR count). The van der Waals surface area contributed by atoms with Gasteiger partial charge in [-0.05, 0) is 80.3 Å². The molecule has 0 aliphatic rings. The number of aliphatic carboxylic acids is 1. The molecule has 9 nitrogen and oxygen atoms in total. The number of carboxylic acid groups (broad SMARTS) is 1. The number of methoxy groups -OCH3 is 2. The highest BCUT2D eigenvalue weighted by Gasteiger charge is 2.09. The van der Waals surface area contributed by atoms with Crippen molar-refractivity contribution < 1.29 is 43.2 Å². The first-order valence-corrected chi connectivity index (χ1v) is 19.1. The van der Waals surface area contributed by atoms with Gasteiger partial charge in [0, 0.05) is 19.3 Å². The summed E-state index contributed by atoms with van der Waals surface area (Å²) in [5.74, 6) is 2.55. The average molecular weight is 737 g/mol. The summed E-state index contributed by atoms with van der Waals surface area (Å²) in [6.07, 6.45) is 12.6. The molecule has 0 radical (unpaired) electrons. The molecule has 0 saturated carbocycles. The Morgan fingerprint density at radius 1 is 0.491 bits per heavy atom. The highest BCUT2D eigenvalue weighted by molar-refractivity contribution is 5.69. The number of esters is 2. The summed E-state index contributed by atoms with van der Waals surface area (Å²) >= 11 is 0. The van der Waals surface area contributed by atoms with Crippen molar-refractivity contribution >= 4 is 17.9 Å². The second-order valence-electron chi connectivity index (χ2n) is 13.2. The van der Waals surface area contributed by atoms with Crippen LogP contribution in [0.1, 0.15) is 104 Å². The Hall–Kier alpha value is -4.53. The van der Waals surface area contributed by atoms with Gasteiger partial charge in [-0.15, -0.1) is 0 Å². The number of unbranched alkanes of at least 4 members (excludes halogenated alkanes) is 6. The summed E-state index contributed by atoms with van der Waals surface area (Å²) in [6.45, 7) is 6.34. The smallest absolute Gasteiger partial charge is 0.305 e. The van der Waals surface area contributed by atoms with Crippen molar-refractivity contribution in [2.75, 3.05) is 34.0 Å². The molecule has 0 aromatic heterocycles. The van der Waals surface area contributed by atoms with Crippen molar-refractivity contribution in [1.82, 2.24) is 0 Å². The molecule has 1 N–H and O–H groups in total. The summed E-state index contributed by atoms with van der Waals surface area (Å²) in [4.78, 5) is 32.4. The number of rotatable bonds is 25. The van der Waals surface area contributed by atoms with Crippen molar-refractivity contribution in [2.45, 2.75) is 104 Å². The highest BCUT2D eigenvalue weighted by atomic mass is 16.5. The van der Waals surface area contributed by atoms with Crippen molar-refractivity contribution in [3.05, 3.63) is 91.0 Å². The van der Waals surface area contributed by atoms with Crippen molar-refractivity contribution in [2.24, 2.45) is 11.8 Å². The third-order valence-electron chi connectivity index (χ3n) is 8.24. The molecule has 3 aromatic rings. The predicted molar refractivity (Wildman–Crippen MR) is 210 cm³/mol. The van der Waals surface area contributed by atoms with E-state index in [1.807, 2.05) is 91.0 Å². The molecular formula is C44H64O9. The van der Waals surface area contributed by atoms with E-state index in [0.29, 0.717) is 37.7 Å². The molecule has 53 heavy (non-hydrogen) atoms. The Bertz CT molecular complexity index is 1300. The van der Waals surface area contributed by atoms with Gasteiger partial charge < -0.3 is 28.8 Å². The number of carboxylic acids is 1. The van der Waals surface area contributed by atoms with Crippen molar-refractivity contribution in [3.63, 3.8) is 0 Å². The predicted octanol–water partition coefficient (Wildman–Crippen LogP) is 10.4. The van der Waals surface area contributed by atoms with Crippen LogP contribution in [-0.4, -0.2) is 57.1 Å². The summed E-state index contributed by atoms with van der Waals surface area (Å²) in [7, 11) is 2.86. The van der Waals surface area contributed by atoms with E-state index in [2.05, 4.69) is 23.3 Å². The summed E-state index contributed by atoms with van der Waals surface area (Å²) in [5, 5.41) is 8.46. The minimum absolute atomic E-state index is 0.111. The van der Waals surface area contributed by atoms with Gasteiger partial charge in [-0.25, -0.2) is 0 Å². The molecule has 0 aliphatic carbocycles. The number of hydrogen-bond acceptors (Lipinski definition) is 8. The lowest BCUT2D eigenvalue weighted by Crippen LogP contribution is -2.08. The molecule has 294 valence electrons. The Morgan fingerprint density at radius 2 is 0.830 bits per heavy atom. The third kappa shape index (κ3) is 28.7. The molecule has 0 spiro atoms. The molecule has 2 unspecified atom stereocenters. The summed E-state index contributed by atoms with van der Waals surface area (Å²) < 4.78 is 26.0. The SMILES string of the molecule is COC(=O)CC(C)CCCCCOc1ccccc1.COC(=O)CC(C)CCCOc1ccccc1.O=C(O)CCCCCCCOc1ccccc1. The van der Waals surface area contributed by atoms with Gasteiger partial charge >= 0.3 is 17.9 Å². The topological polar surface area (TPSA) is 118 Å². The molecule has 3 aromatic carbocycles. The van der Waals surface area contributed by atoms with Crippen LogP contribution in [0.25, 0.3) is 0 Å².